The number of fused-ring (bicyclic) bond motifs is 1. The third-order valence-corrected chi connectivity index (χ3v) is 2.95. The van der Waals surface area contributed by atoms with Crippen molar-refractivity contribution in [2.45, 2.75) is 13.8 Å². The lowest BCUT2D eigenvalue weighted by molar-refractivity contribution is 0.546. The fourth-order valence-electron chi connectivity index (χ4n) is 2.10. The Hall–Kier alpha value is -1.96. The van der Waals surface area contributed by atoms with Crippen LogP contribution in [0.2, 0.25) is 0 Å². The summed E-state index contributed by atoms with van der Waals surface area (Å²) in [7, 11) is 0. The normalized spacial score (nSPS) is 11.1. The summed E-state index contributed by atoms with van der Waals surface area (Å²) in [4.78, 5) is 3.40. The van der Waals surface area contributed by atoms with Gasteiger partial charge in [0.25, 0.3) is 0 Å². The van der Waals surface area contributed by atoms with E-state index in [0.717, 1.165) is 22.7 Å². The van der Waals surface area contributed by atoms with E-state index in [0.29, 0.717) is 0 Å². The van der Waals surface area contributed by atoms with Gasteiger partial charge < -0.3 is 9.40 Å². The summed E-state index contributed by atoms with van der Waals surface area (Å²) in [5.74, 6) is 1.85. The number of aromatic amines is 1. The van der Waals surface area contributed by atoms with Crippen LogP contribution in [0.4, 0.5) is 0 Å². The number of rotatable bonds is 1. The fourth-order valence-corrected chi connectivity index (χ4v) is 2.10. The molecule has 0 radical (unpaired) electrons. The summed E-state index contributed by atoms with van der Waals surface area (Å²) in [5, 5.41) is 1.26. The van der Waals surface area contributed by atoms with Crippen LogP contribution in [-0.4, -0.2) is 4.98 Å². The monoisotopic (exact) mass is 211 g/mol. The van der Waals surface area contributed by atoms with Crippen LogP contribution in [0.1, 0.15) is 11.3 Å². The minimum absolute atomic E-state index is 0.909. The van der Waals surface area contributed by atoms with Gasteiger partial charge in [-0.2, -0.15) is 0 Å². The lowest BCUT2D eigenvalue weighted by Gasteiger charge is -1.94. The summed E-state index contributed by atoms with van der Waals surface area (Å²) in [6.45, 7) is 4.08. The Labute approximate surface area is 93.9 Å². The first-order valence-electron chi connectivity index (χ1n) is 5.40. The average molecular weight is 211 g/mol. The van der Waals surface area contributed by atoms with Gasteiger partial charge in [0.05, 0.1) is 5.69 Å². The van der Waals surface area contributed by atoms with Crippen LogP contribution in [0.15, 0.2) is 40.8 Å². The SMILES string of the molecule is Cc1ccc(-c2[nH]c3ccccc3c2C)o1. The van der Waals surface area contributed by atoms with Gasteiger partial charge in [-0.15, -0.1) is 0 Å². The molecule has 0 aliphatic heterocycles. The van der Waals surface area contributed by atoms with E-state index < -0.39 is 0 Å². The third kappa shape index (κ3) is 1.27. The Kier molecular flexibility index (Phi) is 1.90. The van der Waals surface area contributed by atoms with E-state index in [4.69, 9.17) is 4.42 Å². The molecule has 1 aromatic carbocycles. The van der Waals surface area contributed by atoms with Gasteiger partial charge in [-0.05, 0) is 37.6 Å². The van der Waals surface area contributed by atoms with Gasteiger partial charge in [0.2, 0.25) is 0 Å². The number of aromatic nitrogens is 1. The summed E-state index contributed by atoms with van der Waals surface area (Å²) in [6.07, 6.45) is 0. The molecule has 16 heavy (non-hydrogen) atoms. The standard InChI is InChI=1S/C14H13NO/c1-9-7-8-13(16-9)14-10(2)11-5-3-4-6-12(11)15-14/h3-8,15H,1-2H3. The average Bonchev–Trinajstić information content (AvgIpc) is 2.84. The number of hydrogen-bond acceptors (Lipinski definition) is 1. The molecule has 80 valence electrons. The third-order valence-electron chi connectivity index (χ3n) is 2.95. The summed E-state index contributed by atoms with van der Waals surface area (Å²) in [5.41, 5.74) is 3.48. The van der Waals surface area contributed by atoms with Gasteiger partial charge in [0.15, 0.2) is 5.76 Å². The molecule has 1 N–H and O–H groups in total. The lowest BCUT2D eigenvalue weighted by Crippen LogP contribution is -1.75. The highest BCUT2D eigenvalue weighted by molar-refractivity contribution is 5.89. The Balaban J connectivity index is 2.28. The Bertz CT molecular complexity index is 646. The zero-order valence-corrected chi connectivity index (χ0v) is 9.37. The fraction of sp³-hybridized carbons (Fsp3) is 0.143. The maximum absolute atomic E-state index is 5.65. The molecule has 3 rings (SSSR count). The van der Waals surface area contributed by atoms with Crippen molar-refractivity contribution in [3.8, 4) is 11.5 Å². The Morgan fingerprint density at radius 3 is 2.50 bits per heavy atom. The molecule has 2 heteroatoms. The molecule has 0 aliphatic carbocycles. The highest BCUT2D eigenvalue weighted by Gasteiger charge is 2.11. The number of furan rings is 1. The second-order valence-corrected chi connectivity index (χ2v) is 4.08. The number of nitrogens with one attached hydrogen (secondary N) is 1. The Morgan fingerprint density at radius 1 is 1.00 bits per heavy atom. The maximum atomic E-state index is 5.65. The van der Waals surface area contributed by atoms with Crippen LogP contribution < -0.4 is 0 Å². The van der Waals surface area contributed by atoms with E-state index in [1.807, 2.05) is 25.1 Å². The maximum Gasteiger partial charge on any atom is 0.150 e. The summed E-state index contributed by atoms with van der Waals surface area (Å²) < 4.78 is 5.65. The predicted octanol–water partition coefficient (Wildman–Crippen LogP) is 4.04. The molecule has 3 aromatic rings. The molecule has 0 atom stereocenters. The first kappa shape index (κ1) is 9.28. The van der Waals surface area contributed by atoms with Crippen molar-refractivity contribution < 1.29 is 4.42 Å². The number of para-hydroxylation sites is 1. The second kappa shape index (κ2) is 3.27. The van der Waals surface area contributed by atoms with Crippen LogP contribution >= 0.6 is 0 Å². The minimum Gasteiger partial charge on any atom is -0.460 e. The molecule has 2 nitrogen and oxygen atoms in total. The molecule has 2 aromatic heterocycles. The molecule has 0 saturated carbocycles. The van der Waals surface area contributed by atoms with Crippen molar-refractivity contribution in [3.63, 3.8) is 0 Å². The largest absolute Gasteiger partial charge is 0.460 e. The molecule has 0 aliphatic rings. The van der Waals surface area contributed by atoms with Crippen molar-refractivity contribution in [1.29, 1.82) is 0 Å². The quantitative estimate of drug-likeness (QED) is 0.646. The number of H-pyrrole nitrogens is 1. The van der Waals surface area contributed by atoms with Gasteiger partial charge in [-0.25, -0.2) is 0 Å². The zero-order valence-electron chi connectivity index (χ0n) is 9.37. The lowest BCUT2D eigenvalue weighted by atomic mass is 10.1. The van der Waals surface area contributed by atoms with Crippen molar-refractivity contribution in [2.75, 3.05) is 0 Å². The highest BCUT2D eigenvalue weighted by atomic mass is 16.3. The number of benzene rings is 1. The summed E-state index contributed by atoms with van der Waals surface area (Å²) >= 11 is 0. The molecule has 0 unspecified atom stereocenters. The van der Waals surface area contributed by atoms with Gasteiger partial charge in [-0.1, -0.05) is 18.2 Å². The molecular weight excluding hydrogens is 198 g/mol. The smallest absolute Gasteiger partial charge is 0.150 e. The summed E-state index contributed by atoms with van der Waals surface area (Å²) in [6, 6.07) is 12.3. The number of aryl methyl sites for hydroxylation is 2. The van der Waals surface area contributed by atoms with Crippen LogP contribution in [-0.2, 0) is 0 Å². The van der Waals surface area contributed by atoms with E-state index in [1.165, 1.54) is 10.9 Å². The van der Waals surface area contributed by atoms with E-state index in [9.17, 15) is 0 Å². The molecule has 2 heterocycles. The van der Waals surface area contributed by atoms with E-state index >= 15 is 0 Å². The van der Waals surface area contributed by atoms with Crippen LogP contribution in [0, 0.1) is 13.8 Å². The van der Waals surface area contributed by atoms with Gasteiger partial charge in [0, 0.05) is 10.9 Å². The van der Waals surface area contributed by atoms with Gasteiger partial charge in [0.1, 0.15) is 5.76 Å². The van der Waals surface area contributed by atoms with Crippen molar-refractivity contribution in [3.05, 3.63) is 47.7 Å². The molecular formula is C14H13NO. The van der Waals surface area contributed by atoms with E-state index in [-0.39, 0.29) is 0 Å². The van der Waals surface area contributed by atoms with Crippen molar-refractivity contribution in [1.82, 2.24) is 4.98 Å². The van der Waals surface area contributed by atoms with Gasteiger partial charge in [-0.3, -0.25) is 0 Å². The zero-order chi connectivity index (χ0) is 11.1. The second-order valence-electron chi connectivity index (χ2n) is 4.08. The number of hydrogen-bond donors (Lipinski definition) is 1. The van der Waals surface area contributed by atoms with Gasteiger partial charge >= 0.3 is 0 Å². The molecule has 0 saturated heterocycles. The topological polar surface area (TPSA) is 28.9 Å². The van der Waals surface area contributed by atoms with Crippen LogP contribution in [0.25, 0.3) is 22.4 Å². The van der Waals surface area contributed by atoms with E-state index in [2.05, 4.69) is 30.1 Å². The van der Waals surface area contributed by atoms with Crippen molar-refractivity contribution in [2.24, 2.45) is 0 Å². The van der Waals surface area contributed by atoms with Crippen LogP contribution in [0.5, 0.6) is 0 Å². The van der Waals surface area contributed by atoms with E-state index in [1.54, 1.807) is 0 Å². The predicted molar refractivity (Wildman–Crippen MR) is 65.5 cm³/mol. The van der Waals surface area contributed by atoms with Crippen molar-refractivity contribution >= 4 is 10.9 Å². The molecule has 0 bridgehead atoms. The first-order chi connectivity index (χ1) is 7.75. The Morgan fingerprint density at radius 2 is 1.81 bits per heavy atom. The minimum atomic E-state index is 0.909. The molecule has 0 spiro atoms. The molecule has 0 amide bonds. The first-order valence-corrected chi connectivity index (χ1v) is 5.40. The van der Waals surface area contributed by atoms with Crippen LogP contribution in [0.3, 0.4) is 0 Å². The molecule has 0 fully saturated rings. The highest BCUT2D eigenvalue weighted by Crippen LogP contribution is 2.30.